The van der Waals surface area contributed by atoms with E-state index in [2.05, 4.69) is 0 Å². The van der Waals surface area contributed by atoms with Crippen molar-refractivity contribution in [3.8, 4) is 0 Å². The second-order valence-electron chi connectivity index (χ2n) is 0. The van der Waals surface area contributed by atoms with Crippen molar-refractivity contribution in [1.82, 2.24) is 0 Å². The van der Waals surface area contributed by atoms with E-state index in [1.54, 1.807) is 0 Å². The molecule has 0 fully saturated rings. The van der Waals surface area contributed by atoms with E-state index in [0.717, 1.165) is 0 Å². The van der Waals surface area contributed by atoms with Gasteiger partial charge in [-0.15, -0.1) is 0 Å². The van der Waals surface area contributed by atoms with Crippen LogP contribution in [0.5, 0.6) is 0 Å². The van der Waals surface area contributed by atoms with Gasteiger partial charge in [-0.25, -0.2) is 0 Å². The molecular weight excluding hydrogens is 146 g/mol. The van der Waals surface area contributed by atoms with Crippen molar-refractivity contribution in [3.05, 3.63) is 0 Å². The molecule has 0 atom stereocenters. The lowest BCUT2D eigenvalue weighted by Gasteiger charge is -0.270. The maximum Gasteiger partial charge on any atom is -0.197 e. The highest BCUT2D eigenvalue weighted by molar-refractivity contribution is 7.59. The lowest BCUT2D eigenvalue weighted by Crippen LogP contribution is 0.419. The molecule has 0 N–H and O–H groups in total. The van der Waals surface area contributed by atoms with E-state index in [1.165, 1.54) is 0 Å². The van der Waals surface area contributed by atoms with Crippen molar-refractivity contribution >= 4 is 13.5 Å². The molecule has 0 aliphatic carbocycles. The molecule has 0 saturated carbocycles. The summed E-state index contributed by atoms with van der Waals surface area (Å²) in [6.45, 7) is 0. The zero-order valence-corrected chi connectivity index (χ0v) is 3.95. The summed E-state index contributed by atoms with van der Waals surface area (Å²) in [6, 6.07) is 0. The molecule has 7 heteroatoms. The molecule has 0 amide bonds. The number of hydrogen-bond acceptors (Lipinski definition) is 0. The van der Waals surface area contributed by atoms with Crippen LogP contribution in [0.3, 0.4) is 0 Å². The number of halogens is 6. The van der Waals surface area contributed by atoms with Gasteiger partial charge in [0, 0.05) is 0 Å². The van der Waals surface area contributed by atoms with Crippen LogP contribution in [0.1, 0.15) is 0 Å². The fourth-order valence-corrected chi connectivity index (χ4v) is 0. The lowest BCUT2D eigenvalue weighted by molar-refractivity contribution is 1.11. The largest absolute Gasteiger partial charge is 0.269 e. The molecule has 0 aromatic rings. The minimum Gasteiger partial charge on any atom is -0.269 e. The summed E-state index contributed by atoms with van der Waals surface area (Å²) in [5.74, 6) is 0. The molecular formula is H8F6S. The summed E-state index contributed by atoms with van der Waals surface area (Å²) >= 11 is 0. The summed E-state index contributed by atoms with van der Waals surface area (Å²) in [6.07, 6.45) is 0. The molecule has 56 valence electrons. The molecule has 0 rings (SSSR count). The highest BCUT2D eigenvalue weighted by Gasteiger charge is -0.197. The molecule has 0 aliphatic rings. The van der Waals surface area contributed by atoms with Gasteiger partial charge in [0.05, 0.1) is 0 Å². The van der Waals surface area contributed by atoms with Crippen molar-refractivity contribution in [1.29, 1.82) is 0 Å². The Hall–Kier alpha value is -0.0700. The zero-order valence-electron chi connectivity index (χ0n) is 2.95. The fourth-order valence-electron chi connectivity index (χ4n) is 0. The summed E-state index contributed by atoms with van der Waals surface area (Å²) in [5.41, 5.74) is 0. The van der Waals surface area contributed by atoms with Crippen LogP contribution in [-0.4, -0.2) is 0 Å². The van der Waals surface area contributed by atoms with Crippen LogP contribution in [0, 0.1) is 0 Å². The summed E-state index contributed by atoms with van der Waals surface area (Å²) in [4.78, 5) is 0. The van der Waals surface area contributed by atoms with E-state index in [9.17, 15) is 0 Å². The molecule has 0 bridgehead atoms. The van der Waals surface area contributed by atoms with Gasteiger partial charge in [-0.05, 0) is 0 Å². The monoisotopic (exact) mass is 154 g/mol. The van der Waals surface area contributed by atoms with E-state index in [1.807, 2.05) is 0 Å². The summed E-state index contributed by atoms with van der Waals surface area (Å²) in [5, 5.41) is 0. The quantitative estimate of drug-likeness (QED) is 0.457. The molecule has 7 heavy (non-hydrogen) atoms. The van der Waals surface area contributed by atoms with Crippen molar-refractivity contribution < 1.29 is 28.2 Å². The Morgan fingerprint density at radius 2 is 0.286 bits per heavy atom. The van der Waals surface area contributed by atoms with E-state index >= 15 is 0 Å². The third kappa shape index (κ3) is 18700. The Balaban J connectivity index is 0. The van der Waals surface area contributed by atoms with Crippen LogP contribution in [-0.2, 0) is 0 Å². The first-order chi connectivity index (χ1) is 0. The Morgan fingerprint density at radius 3 is 0.286 bits per heavy atom. The Bertz CT molecular complexity index is 4.14. The minimum atomic E-state index is 0. The molecule has 0 nitrogen and oxygen atoms in total. The normalized spacial score (nSPS) is 0. The molecule has 0 radical (unpaired) electrons. The van der Waals surface area contributed by atoms with E-state index in [-0.39, 0.29) is 41.7 Å². The van der Waals surface area contributed by atoms with Crippen molar-refractivity contribution in [2.24, 2.45) is 0 Å². The topological polar surface area (TPSA) is 0 Å². The molecule has 0 unspecified atom stereocenters. The SMILES string of the molecule is F.F.F.F.F.F.S. The van der Waals surface area contributed by atoms with Crippen LogP contribution < -0.4 is 0 Å². The standard InChI is InChI=1S/6FH.H2S/h6*1H;1H2. The highest BCUT2D eigenvalue weighted by atomic mass is 32.1. The smallest absolute Gasteiger partial charge is 0.197 e. The Kier molecular flexibility index (Phi) is 209000000. The molecule has 0 aromatic heterocycles. The van der Waals surface area contributed by atoms with Gasteiger partial charge < -0.3 is 0 Å². The second-order valence-corrected chi connectivity index (χ2v) is 0. The van der Waals surface area contributed by atoms with Crippen molar-refractivity contribution in [3.63, 3.8) is 0 Å². The number of rotatable bonds is 0. The first-order valence-electron chi connectivity index (χ1n) is 0. The van der Waals surface area contributed by atoms with E-state index < -0.39 is 0 Å². The second kappa shape index (κ2) is 29400. The van der Waals surface area contributed by atoms with Crippen LogP contribution in [0.25, 0.3) is 0 Å². The fraction of sp³-hybridized carbons (Fsp3) is 0. The highest BCUT2D eigenvalue weighted by Crippen LogP contribution is 0.648. The van der Waals surface area contributed by atoms with Crippen molar-refractivity contribution in [2.45, 2.75) is 0 Å². The van der Waals surface area contributed by atoms with Crippen molar-refractivity contribution in [2.75, 3.05) is 0 Å². The Labute approximate surface area is 42.9 Å². The van der Waals surface area contributed by atoms with Gasteiger partial charge in [-0.3, -0.25) is 28.2 Å². The third-order valence-corrected chi connectivity index (χ3v) is 0. The first-order valence-corrected chi connectivity index (χ1v) is 0. The zero-order chi connectivity index (χ0) is 0. The van der Waals surface area contributed by atoms with E-state index in [0.29, 0.717) is 0 Å². The van der Waals surface area contributed by atoms with Crippen LogP contribution >= 0.6 is 13.5 Å². The minimum absolute atomic E-state index is 0. The van der Waals surface area contributed by atoms with Gasteiger partial charge in [0.2, 0.25) is 0 Å². The van der Waals surface area contributed by atoms with Gasteiger partial charge >= 0.3 is 0 Å². The molecule has 0 saturated heterocycles. The molecule has 0 heterocycles. The lowest BCUT2D eigenvalue weighted by atomic mass is 19.0. The third-order valence-electron chi connectivity index (χ3n) is 0. The predicted octanol–water partition coefficient (Wildman–Crippen LogP) is 1.03. The van der Waals surface area contributed by atoms with E-state index in [4.69, 9.17) is 0 Å². The summed E-state index contributed by atoms with van der Waals surface area (Å²) < 4.78 is 0. The average Bonchev–Trinajstić information content (AvgIpc) is 0. The average molecular weight is 154 g/mol. The Morgan fingerprint density at radius 1 is 0.286 bits per heavy atom. The van der Waals surface area contributed by atoms with Gasteiger partial charge in [-0.1, -0.05) is 0 Å². The molecule has 0 spiro atoms. The summed E-state index contributed by atoms with van der Waals surface area (Å²) in [7, 11) is 0. The maximum absolute atomic E-state index is 0. The molecule has 0 aliphatic heterocycles. The van der Waals surface area contributed by atoms with Gasteiger partial charge in [0.25, 0.3) is 0 Å². The number of hydrogen-bond donors (Lipinski definition) is 0. The maximum atomic E-state index is 0. The van der Waals surface area contributed by atoms with Crippen LogP contribution in [0.4, 0.5) is 28.2 Å². The molecule has 0 aromatic carbocycles. The van der Waals surface area contributed by atoms with Crippen LogP contribution in [0.2, 0.25) is 0 Å². The first kappa shape index (κ1) is 49700. The van der Waals surface area contributed by atoms with Crippen LogP contribution in [0.15, 0.2) is 0 Å². The van der Waals surface area contributed by atoms with Gasteiger partial charge in [-0.2, -0.15) is 13.5 Å². The van der Waals surface area contributed by atoms with Gasteiger partial charge in [0.15, 0.2) is 0 Å². The predicted molar refractivity (Wildman–Crippen MR) is 25.4 cm³/mol. The van der Waals surface area contributed by atoms with Gasteiger partial charge in [0.1, 0.15) is 0 Å².